The predicted molar refractivity (Wildman–Crippen MR) is 73.9 cm³/mol. The van der Waals surface area contributed by atoms with E-state index in [1.807, 2.05) is 0 Å². The van der Waals surface area contributed by atoms with Gasteiger partial charge >= 0.3 is 0 Å². The van der Waals surface area contributed by atoms with Gasteiger partial charge < -0.3 is 4.90 Å². The van der Waals surface area contributed by atoms with Crippen LogP contribution in [0.3, 0.4) is 0 Å². The van der Waals surface area contributed by atoms with Gasteiger partial charge in [0.2, 0.25) is 0 Å². The zero-order chi connectivity index (χ0) is 12.1. The Kier molecular flexibility index (Phi) is 2.12. The maximum atomic E-state index is 4.81. The first kappa shape index (κ1) is 10.3. The molecule has 2 saturated heterocycles. The number of piperazine rings is 1. The number of rotatable bonds is 1. The van der Waals surface area contributed by atoms with Gasteiger partial charge in [-0.05, 0) is 31.7 Å². The van der Waals surface area contributed by atoms with Crippen molar-refractivity contribution < 1.29 is 0 Å². The highest BCUT2D eigenvalue weighted by atomic mass is 15.4. The molecule has 0 unspecified atom stereocenters. The van der Waals surface area contributed by atoms with Crippen molar-refractivity contribution in [2.45, 2.75) is 18.5 Å². The zero-order valence-electron chi connectivity index (χ0n) is 10.6. The Morgan fingerprint density at radius 1 is 1.06 bits per heavy atom. The molecule has 1 aromatic carbocycles. The van der Waals surface area contributed by atoms with Crippen molar-refractivity contribution in [3.63, 3.8) is 0 Å². The molecule has 92 valence electrons. The minimum absolute atomic E-state index is 0.661. The van der Waals surface area contributed by atoms with E-state index in [4.69, 9.17) is 4.98 Å². The number of benzene rings is 1. The second-order valence-corrected chi connectivity index (χ2v) is 5.50. The standard InChI is InChI=1S/C15H17N3/c1-17-9-13-8-12(17)10-18(13)15-7-6-11-4-2-3-5-14(11)16-15/h2-7,12-13H,8-10H2,1H3/t12-,13-/m0/s1. The Morgan fingerprint density at radius 2 is 1.94 bits per heavy atom. The van der Waals surface area contributed by atoms with Gasteiger partial charge in [-0.15, -0.1) is 0 Å². The summed E-state index contributed by atoms with van der Waals surface area (Å²) in [5.41, 5.74) is 1.10. The summed E-state index contributed by atoms with van der Waals surface area (Å²) in [7, 11) is 2.23. The molecule has 0 spiro atoms. The zero-order valence-corrected chi connectivity index (χ0v) is 10.6. The molecule has 3 nitrogen and oxygen atoms in total. The molecule has 0 amide bonds. The van der Waals surface area contributed by atoms with Crippen molar-refractivity contribution in [1.29, 1.82) is 0 Å². The third-order valence-corrected chi connectivity index (χ3v) is 4.39. The second kappa shape index (κ2) is 3.69. The average Bonchev–Trinajstić information content (AvgIpc) is 2.97. The Bertz CT molecular complexity index is 593. The molecule has 2 aromatic rings. The van der Waals surface area contributed by atoms with Crippen molar-refractivity contribution >= 4 is 16.7 Å². The highest BCUT2D eigenvalue weighted by Gasteiger charge is 2.41. The quantitative estimate of drug-likeness (QED) is 0.760. The number of likely N-dealkylation sites (tertiary alicyclic amines) is 1. The lowest BCUT2D eigenvalue weighted by Gasteiger charge is -2.32. The number of hydrogen-bond donors (Lipinski definition) is 0. The Hall–Kier alpha value is -1.61. The molecule has 3 heteroatoms. The molecule has 2 bridgehead atoms. The highest BCUT2D eigenvalue weighted by molar-refractivity contribution is 5.80. The SMILES string of the molecule is CN1C[C@@H]2C[C@H]1CN2c1ccc2ccccc2n1. The maximum absolute atomic E-state index is 4.81. The van der Waals surface area contributed by atoms with Gasteiger partial charge in [-0.1, -0.05) is 18.2 Å². The molecule has 2 atom stereocenters. The highest BCUT2D eigenvalue weighted by Crippen LogP contribution is 2.33. The normalized spacial score (nSPS) is 27.3. The Morgan fingerprint density at radius 3 is 2.72 bits per heavy atom. The molecule has 2 fully saturated rings. The van der Waals surface area contributed by atoms with Crippen molar-refractivity contribution in [1.82, 2.24) is 9.88 Å². The number of aromatic nitrogens is 1. The van der Waals surface area contributed by atoms with Crippen molar-refractivity contribution in [3.05, 3.63) is 36.4 Å². The fourth-order valence-corrected chi connectivity index (χ4v) is 3.36. The van der Waals surface area contributed by atoms with Crippen LogP contribution in [0.4, 0.5) is 5.82 Å². The third-order valence-electron chi connectivity index (χ3n) is 4.39. The molecule has 0 radical (unpaired) electrons. The number of anilines is 1. The molecule has 0 saturated carbocycles. The van der Waals surface area contributed by atoms with Crippen molar-refractivity contribution in [2.24, 2.45) is 0 Å². The van der Waals surface area contributed by atoms with E-state index in [2.05, 4.69) is 53.2 Å². The lowest BCUT2D eigenvalue weighted by atomic mass is 10.2. The van der Waals surface area contributed by atoms with Gasteiger partial charge in [-0.3, -0.25) is 4.90 Å². The van der Waals surface area contributed by atoms with Gasteiger partial charge in [-0.25, -0.2) is 4.98 Å². The van der Waals surface area contributed by atoms with Crippen molar-refractivity contribution in [2.75, 3.05) is 25.0 Å². The molecular weight excluding hydrogens is 222 g/mol. The van der Waals surface area contributed by atoms with Gasteiger partial charge in [0.15, 0.2) is 0 Å². The summed E-state index contributed by atoms with van der Waals surface area (Å²) in [6, 6.07) is 14.1. The van der Waals surface area contributed by atoms with Gasteiger partial charge in [0.25, 0.3) is 0 Å². The largest absolute Gasteiger partial charge is 0.351 e. The first-order valence-electron chi connectivity index (χ1n) is 6.64. The van der Waals surface area contributed by atoms with Gasteiger partial charge in [0.05, 0.1) is 5.52 Å². The molecule has 18 heavy (non-hydrogen) atoms. The summed E-state index contributed by atoms with van der Waals surface area (Å²) in [4.78, 5) is 9.77. The van der Waals surface area contributed by atoms with Crippen LogP contribution in [0.1, 0.15) is 6.42 Å². The number of hydrogen-bond acceptors (Lipinski definition) is 3. The second-order valence-electron chi connectivity index (χ2n) is 5.50. The van der Waals surface area contributed by atoms with E-state index >= 15 is 0 Å². The fraction of sp³-hybridized carbons (Fsp3) is 0.400. The fourth-order valence-electron chi connectivity index (χ4n) is 3.36. The van der Waals surface area contributed by atoms with Gasteiger partial charge in [0.1, 0.15) is 5.82 Å². The van der Waals surface area contributed by atoms with Crippen LogP contribution in [-0.2, 0) is 0 Å². The van der Waals surface area contributed by atoms with Crippen molar-refractivity contribution in [3.8, 4) is 0 Å². The molecular formula is C15H17N3. The first-order chi connectivity index (χ1) is 8.81. The monoisotopic (exact) mass is 239 g/mol. The van der Waals surface area contributed by atoms with Crippen LogP contribution >= 0.6 is 0 Å². The summed E-state index contributed by atoms with van der Waals surface area (Å²) >= 11 is 0. The Labute approximate surface area is 107 Å². The molecule has 1 aromatic heterocycles. The van der Waals surface area contributed by atoms with Crippen LogP contribution in [0.25, 0.3) is 10.9 Å². The number of pyridine rings is 1. The van der Waals surface area contributed by atoms with Crippen LogP contribution < -0.4 is 4.90 Å². The van der Waals surface area contributed by atoms with E-state index in [-0.39, 0.29) is 0 Å². The minimum Gasteiger partial charge on any atom is -0.351 e. The minimum atomic E-state index is 0.661. The number of nitrogens with zero attached hydrogens (tertiary/aromatic N) is 3. The molecule has 3 heterocycles. The van der Waals surface area contributed by atoms with E-state index in [0.29, 0.717) is 6.04 Å². The van der Waals surface area contributed by atoms with Gasteiger partial charge in [0, 0.05) is 30.6 Å². The van der Waals surface area contributed by atoms with Crippen LogP contribution in [-0.4, -0.2) is 42.1 Å². The molecule has 0 N–H and O–H groups in total. The van der Waals surface area contributed by atoms with E-state index < -0.39 is 0 Å². The molecule has 0 aliphatic carbocycles. The summed E-state index contributed by atoms with van der Waals surface area (Å²) in [6.45, 7) is 2.31. The molecule has 2 aliphatic heterocycles. The van der Waals surface area contributed by atoms with E-state index in [1.54, 1.807) is 0 Å². The first-order valence-corrected chi connectivity index (χ1v) is 6.64. The molecule has 4 rings (SSSR count). The summed E-state index contributed by atoms with van der Waals surface area (Å²) in [5, 5.41) is 1.22. The lowest BCUT2D eigenvalue weighted by molar-refractivity contribution is 0.292. The number of fused-ring (bicyclic) bond motifs is 3. The van der Waals surface area contributed by atoms with E-state index in [0.717, 1.165) is 23.9 Å². The topological polar surface area (TPSA) is 19.4 Å². The Balaban J connectivity index is 1.71. The van der Waals surface area contributed by atoms with Gasteiger partial charge in [-0.2, -0.15) is 0 Å². The number of para-hydroxylation sites is 1. The smallest absolute Gasteiger partial charge is 0.129 e. The van der Waals surface area contributed by atoms with Crippen LogP contribution in [0.2, 0.25) is 0 Å². The summed E-state index contributed by atoms with van der Waals surface area (Å²) < 4.78 is 0. The average molecular weight is 239 g/mol. The van der Waals surface area contributed by atoms with E-state index in [9.17, 15) is 0 Å². The third kappa shape index (κ3) is 1.44. The summed E-state index contributed by atoms with van der Waals surface area (Å²) in [5.74, 6) is 1.15. The van der Waals surface area contributed by atoms with Crippen LogP contribution in [0.5, 0.6) is 0 Å². The van der Waals surface area contributed by atoms with E-state index in [1.165, 1.54) is 18.4 Å². The lowest BCUT2D eigenvalue weighted by Crippen LogP contribution is -2.44. The maximum Gasteiger partial charge on any atom is 0.129 e. The molecule has 2 aliphatic rings. The summed E-state index contributed by atoms with van der Waals surface area (Å²) in [6.07, 6.45) is 1.30. The van der Waals surface area contributed by atoms with Crippen LogP contribution in [0.15, 0.2) is 36.4 Å². The van der Waals surface area contributed by atoms with Crippen LogP contribution in [0, 0.1) is 0 Å². The number of likely N-dealkylation sites (N-methyl/N-ethyl adjacent to an activating group) is 1. The predicted octanol–water partition coefficient (Wildman–Crippen LogP) is 2.13.